The SMILES string of the molecule is CCN(C(=O)c1cc(C2CC2)n(C(C)(C)C)n1)c1ccc2ccccc2c1. The second kappa shape index (κ2) is 6.52. The van der Waals surface area contributed by atoms with E-state index in [0.717, 1.165) is 11.1 Å². The molecule has 1 fully saturated rings. The molecule has 0 saturated heterocycles. The molecule has 0 atom stereocenters. The van der Waals surface area contributed by atoms with Crippen LogP contribution in [0.5, 0.6) is 0 Å². The molecule has 0 unspecified atom stereocenters. The van der Waals surface area contributed by atoms with Gasteiger partial charge in [-0.3, -0.25) is 9.48 Å². The second-order valence-corrected chi connectivity index (χ2v) is 8.39. The van der Waals surface area contributed by atoms with Crippen LogP contribution in [0.1, 0.15) is 62.6 Å². The molecule has 0 spiro atoms. The molecule has 0 bridgehead atoms. The van der Waals surface area contributed by atoms with E-state index in [1.54, 1.807) is 0 Å². The van der Waals surface area contributed by atoms with Gasteiger partial charge in [-0.2, -0.15) is 5.10 Å². The van der Waals surface area contributed by atoms with Crippen molar-refractivity contribution in [2.75, 3.05) is 11.4 Å². The highest BCUT2D eigenvalue weighted by molar-refractivity contribution is 6.05. The van der Waals surface area contributed by atoms with Gasteiger partial charge in [-0.25, -0.2) is 0 Å². The summed E-state index contributed by atoms with van der Waals surface area (Å²) in [5, 5.41) is 7.04. The van der Waals surface area contributed by atoms with Crippen LogP contribution in [0.4, 0.5) is 5.69 Å². The van der Waals surface area contributed by atoms with E-state index in [0.29, 0.717) is 18.2 Å². The minimum absolute atomic E-state index is 0.0299. The van der Waals surface area contributed by atoms with Crippen LogP contribution >= 0.6 is 0 Å². The van der Waals surface area contributed by atoms with Gasteiger partial charge in [-0.15, -0.1) is 0 Å². The molecule has 1 aliphatic carbocycles. The van der Waals surface area contributed by atoms with Gasteiger partial charge in [0.05, 0.1) is 5.54 Å². The van der Waals surface area contributed by atoms with Crippen molar-refractivity contribution >= 4 is 22.4 Å². The topological polar surface area (TPSA) is 38.1 Å². The van der Waals surface area contributed by atoms with E-state index in [-0.39, 0.29) is 11.4 Å². The predicted octanol–water partition coefficient (Wildman–Crippen LogP) is 5.34. The second-order valence-electron chi connectivity index (χ2n) is 8.39. The first-order valence-electron chi connectivity index (χ1n) is 9.79. The first-order valence-corrected chi connectivity index (χ1v) is 9.79. The van der Waals surface area contributed by atoms with Crippen LogP contribution in [-0.2, 0) is 5.54 Å². The number of hydrogen-bond acceptors (Lipinski definition) is 2. The van der Waals surface area contributed by atoms with Crippen molar-refractivity contribution in [3.63, 3.8) is 0 Å². The van der Waals surface area contributed by atoms with E-state index in [9.17, 15) is 4.79 Å². The number of carbonyl (C=O) groups excluding carboxylic acids is 1. The molecule has 1 saturated carbocycles. The number of rotatable bonds is 4. The fourth-order valence-corrected chi connectivity index (χ4v) is 3.63. The van der Waals surface area contributed by atoms with Crippen LogP contribution in [0.2, 0.25) is 0 Å². The third-order valence-electron chi connectivity index (χ3n) is 5.19. The Bertz CT molecular complexity index is 992. The van der Waals surface area contributed by atoms with E-state index in [1.807, 2.05) is 40.8 Å². The lowest BCUT2D eigenvalue weighted by Gasteiger charge is -2.23. The fraction of sp³-hybridized carbons (Fsp3) is 0.391. The summed E-state index contributed by atoms with van der Waals surface area (Å²) in [4.78, 5) is 15.1. The molecule has 140 valence electrons. The Morgan fingerprint density at radius 1 is 1.11 bits per heavy atom. The van der Waals surface area contributed by atoms with Gasteiger partial charge >= 0.3 is 0 Å². The number of hydrogen-bond donors (Lipinski definition) is 0. The van der Waals surface area contributed by atoms with Crippen LogP contribution in [0, 0.1) is 0 Å². The van der Waals surface area contributed by atoms with Gasteiger partial charge in [0.2, 0.25) is 0 Å². The first-order chi connectivity index (χ1) is 12.9. The highest BCUT2D eigenvalue weighted by Crippen LogP contribution is 2.42. The van der Waals surface area contributed by atoms with Gasteiger partial charge in [0, 0.05) is 23.8 Å². The van der Waals surface area contributed by atoms with E-state index in [1.165, 1.54) is 23.9 Å². The summed E-state index contributed by atoms with van der Waals surface area (Å²) < 4.78 is 2.05. The first kappa shape index (κ1) is 17.8. The van der Waals surface area contributed by atoms with Crippen LogP contribution in [0.25, 0.3) is 10.8 Å². The Morgan fingerprint density at radius 2 is 1.81 bits per heavy atom. The average Bonchev–Trinajstić information content (AvgIpc) is 3.39. The van der Waals surface area contributed by atoms with Crippen molar-refractivity contribution in [1.82, 2.24) is 9.78 Å². The minimum atomic E-state index is -0.129. The molecule has 0 radical (unpaired) electrons. The van der Waals surface area contributed by atoms with Gasteiger partial charge in [0.25, 0.3) is 5.91 Å². The molecule has 2 aromatic carbocycles. The highest BCUT2D eigenvalue weighted by Gasteiger charge is 2.33. The van der Waals surface area contributed by atoms with Crippen molar-refractivity contribution in [3.8, 4) is 0 Å². The zero-order valence-electron chi connectivity index (χ0n) is 16.6. The summed E-state index contributed by atoms with van der Waals surface area (Å²) in [7, 11) is 0. The fourth-order valence-electron chi connectivity index (χ4n) is 3.63. The molecule has 1 heterocycles. The van der Waals surface area contributed by atoms with Crippen molar-refractivity contribution in [3.05, 3.63) is 59.9 Å². The number of nitrogens with zero attached hydrogens (tertiary/aromatic N) is 3. The Hall–Kier alpha value is -2.62. The summed E-state index contributed by atoms with van der Waals surface area (Å²) in [6, 6.07) is 16.4. The molecular weight excluding hydrogens is 334 g/mol. The lowest BCUT2D eigenvalue weighted by atomic mass is 10.1. The Morgan fingerprint density at radius 3 is 2.44 bits per heavy atom. The monoisotopic (exact) mass is 361 g/mol. The summed E-state index contributed by atoms with van der Waals surface area (Å²) in [5.41, 5.74) is 2.53. The molecule has 1 amide bonds. The number of fused-ring (bicyclic) bond motifs is 1. The van der Waals surface area contributed by atoms with Crippen LogP contribution < -0.4 is 4.90 Å². The maximum atomic E-state index is 13.3. The maximum absolute atomic E-state index is 13.3. The van der Waals surface area contributed by atoms with Gasteiger partial charge in [0.1, 0.15) is 0 Å². The van der Waals surface area contributed by atoms with Crippen molar-refractivity contribution < 1.29 is 4.79 Å². The lowest BCUT2D eigenvalue weighted by Crippen LogP contribution is -2.31. The average molecular weight is 361 g/mol. The normalized spacial score (nSPS) is 14.5. The van der Waals surface area contributed by atoms with Crippen LogP contribution in [-0.4, -0.2) is 22.2 Å². The molecule has 4 rings (SSSR count). The standard InChI is InChI=1S/C23H27N3O/c1-5-25(19-13-12-16-8-6-7-9-18(16)14-19)22(27)20-15-21(17-10-11-17)26(24-20)23(2,3)4/h6-9,12-15,17H,5,10-11H2,1-4H3. The minimum Gasteiger partial charge on any atom is -0.307 e. The van der Waals surface area contributed by atoms with Crippen molar-refractivity contribution in [2.45, 2.75) is 52.0 Å². The third-order valence-corrected chi connectivity index (χ3v) is 5.19. The summed E-state index contributed by atoms with van der Waals surface area (Å²) in [6.07, 6.45) is 2.38. The Labute approximate surface area is 160 Å². The Kier molecular flexibility index (Phi) is 4.29. The zero-order chi connectivity index (χ0) is 19.2. The number of aromatic nitrogens is 2. The number of carbonyl (C=O) groups is 1. The van der Waals surface area contributed by atoms with Crippen molar-refractivity contribution in [1.29, 1.82) is 0 Å². The quantitative estimate of drug-likeness (QED) is 0.629. The lowest BCUT2D eigenvalue weighted by molar-refractivity contribution is 0.0982. The molecule has 1 aromatic heterocycles. The number of anilines is 1. The number of amides is 1. The molecule has 4 heteroatoms. The van der Waals surface area contributed by atoms with Gasteiger partial charge in [-0.1, -0.05) is 30.3 Å². The van der Waals surface area contributed by atoms with E-state index >= 15 is 0 Å². The molecular formula is C23H27N3O. The summed E-state index contributed by atoms with van der Waals surface area (Å²) in [6.45, 7) is 9.04. The summed E-state index contributed by atoms with van der Waals surface area (Å²) >= 11 is 0. The van der Waals surface area contributed by atoms with E-state index in [4.69, 9.17) is 5.10 Å². The largest absolute Gasteiger partial charge is 0.307 e. The van der Waals surface area contributed by atoms with Gasteiger partial charge in [0.15, 0.2) is 5.69 Å². The van der Waals surface area contributed by atoms with Gasteiger partial charge in [-0.05, 0) is 69.5 Å². The van der Waals surface area contributed by atoms with Crippen LogP contribution in [0.3, 0.4) is 0 Å². The molecule has 27 heavy (non-hydrogen) atoms. The van der Waals surface area contributed by atoms with E-state index in [2.05, 4.69) is 45.0 Å². The molecule has 0 aliphatic heterocycles. The molecule has 3 aromatic rings. The smallest absolute Gasteiger partial charge is 0.278 e. The van der Waals surface area contributed by atoms with Crippen molar-refractivity contribution in [2.24, 2.45) is 0 Å². The van der Waals surface area contributed by atoms with E-state index < -0.39 is 0 Å². The van der Waals surface area contributed by atoms with Gasteiger partial charge < -0.3 is 4.90 Å². The third kappa shape index (κ3) is 3.36. The van der Waals surface area contributed by atoms with Crippen LogP contribution in [0.15, 0.2) is 48.5 Å². The molecule has 1 aliphatic rings. The predicted molar refractivity (Wildman–Crippen MR) is 110 cm³/mol. The number of benzene rings is 2. The Balaban J connectivity index is 1.71. The summed E-state index contributed by atoms with van der Waals surface area (Å²) in [5.74, 6) is 0.520. The molecule has 0 N–H and O–H groups in total. The highest BCUT2D eigenvalue weighted by atomic mass is 16.2. The zero-order valence-corrected chi connectivity index (χ0v) is 16.6. The molecule has 4 nitrogen and oxygen atoms in total. The maximum Gasteiger partial charge on any atom is 0.278 e.